The van der Waals surface area contributed by atoms with Gasteiger partial charge in [0.15, 0.2) is 0 Å². The first kappa shape index (κ1) is 9.47. The number of rotatable bonds is 5. The summed E-state index contributed by atoms with van der Waals surface area (Å²) in [6.07, 6.45) is 7.08. The summed E-state index contributed by atoms with van der Waals surface area (Å²) in [6, 6.07) is 0.843. The molecule has 13 heavy (non-hydrogen) atoms. The van der Waals surface area contributed by atoms with Gasteiger partial charge in [0.2, 0.25) is 0 Å². The molecule has 2 aliphatic rings. The molecule has 0 aromatic heterocycles. The van der Waals surface area contributed by atoms with Gasteiger partial charge in [-0.25, -0.2) is 0 Å². The summed E-state index contributed by atoms with van der Waals surface area (Å²) in [7, 11) is 1.78. The molecule has 0 aliphatic heterocycles. The molecule has 0 saturated heterocycles. The van der Waals surface area contributed by atoms with Gasteiger partial charge in [0.05, 0.1) is 0 Å². The monoisotopic (exact) mass is 183 g/mol. The molecule has 2 rings (SSSR count). The van der Waals surface area contributed by atoms with Crippen molar-refractivity contribution in [2.24, 2.45) is 11.8 Å². The van der Waals surface area contributed by atoms with Gasteiger partial charge in [-0.2, -0.15) is 0 Å². The Morgan fingerprint density at radius 1 is 1.31 bits per heavy atom. The molecule has 0 radical (unpaired) electrons. The van der Waals surface area contributed by atoms with Gasteiger partial charge in [-0.3, -0.25) is 0 Å². The number of fused-ring (bicyclic) bond motifs is 2. The van der Waals surface area contributed by atoms with Gasteiger partial charge in [0, 0.05) is 19.8 Å². The molecule has 0 aromatic rings. The first-order valence-corrected chi connectivity index (χ1v) is 5.62. The largest absolute Gasteiger partial charge is 0.385 e. The molecule has 0 unspecified atom stereocenters. The van der Waals surface area contributed by atoms with Crippen molar-refractivity contribution in [2.45, 2.75) is 38.1 Å². The fourth-order valence-corrected chi connectivity index (χ4v) is 3.00. The molecule has 2 aliphatic carbocycles. The Labute approximate surface area is 81.0 Å². The molecule has 0 aromatic carbocycles. The van der Waals surface area contributed by atoms with Crippen molar-refractivity contribution in [1.29, 1.82) is 0 Å². The van der Waals surface area contributed by atoms with Crippen molar-refractivity contribution >= 4 is 0 Å². The third-order valence-corrected chi connectivity index (χ3v) is 3.67. The predicted molar refractivity (Wildman–Crippen MR) is 53.7 cm³/mol. The molecule has 3 atom stereocenters. The lowest BCUT2D eigenvalue weighted by Gasteiger charge is -2.22. The fraction of sp³-hybridized carbons (Fsp3) is 1.00. The Kier molecular flexibility index (Phi) is 3.23. The average Bonchev–Trinajstić information content (AvgIpc) is 2.73. The maximum atomic E-state index is 5.03. The number of nitrogens with one attached hydrogen (secondary N) is 1. The predicted octanol–water partition coefficient (Wildman–Crippen LogP) is 1.80. The van der Waals surface area contributed by atoms with Crippen LogP contribution in [0.2, 0.25) is 0 Å². The molecule has 0 amide bonds. The van der Waals surface area contributed by atoms with Crippen LogP contribution in [0.3, 0.4) is 0 Å². The average molecular weight is 183 g/mol. The van der Waals surface area contributed by atoms with Crippen LogP contribution in [0.15, 0.2) is 0 Å². The van der Waals surface area contributed by atoms with E-state index in [9.17, 15) is 0 Å². The normalized spacial score (nSPS) is 37.2. The molecule has 2 bridgehead atoms. The van der Waals surface area contributed by atoms with Crippen LogP contribution >= 0.6 is 0 Å². The summed E-state index contributed by atoms with van der Waals surface area (Å²) < 4.78 is 5.03. The molecule has 2 saturated carbocycles. The Balaban J connectivity index is 1.60. The zero-order valence-electron chi connectivity index (χ0n) is 8.59. The molecule has 0 spiro atoms. The highest BCUT2D eigenvalue weighted by atomic mass is 16.5. The second-order valence-electron chi connectivity index (χ2n) is 4.58. The lowest BCUT2D eigenvalue weighted by Crippen LogP contribution is -2.34. The van der Waals surface area contributed by atoms with Gasteiger partial charge in [-0.15, -0.1) is 0 Å². The Morgan fingerprint density at radius 2 is 2.23 bits per heavy atom. The SMILES string of the molecule is COCCCN[C@@H]1C[C@@H]2CC[C@@H]1C2. The van der Waals surface area contributed by atoms with Crippen molar-refractivity contribution in [1.82, 2.24) is 5.32 Å². The lowest BCUT2D eigenvalue weighted by molar-refractivity contribution is 0.191. The molecule has 0 heterocycles. The van der Waals surface area contributed by atoms with Crippen LogP contribution in [0.4, 0.5) is 0 Å². The minimum atomic E-state index is 0.843. The van der Waals surface area contributed by atoms with Crippen LogP contribution < -0.4 is 5.32 Å². The molecule has 76 valence electrons. The van der Waals surface area contributed by atoms with Crippen LogP contribution in [-0.4, -0.2) is 26.3 Å². The summed E-state index contributed by atoms with van der Waals surface area (Å²) in [6.45, 7) is 2.04. The summed E-state index contributed by atoms with van der Waals surface area (Å²) in [5.41, 5.74) is 0. The third kappa shape index (κ3) is 2.23. The summed E-state index contributed by atoms with van der Waals surface area (Å²) >= 11 is 0. The Bertz CT molecular complexity index is 160. The van der Waals surface area contributed by atoms with Crippen molar-refractivity contribution in [3.05, 3.63) is 0 Å². The highest BCUT2D eigenvalue weighted by Gasteiger charge is 2.38. The molecular formula is C11H21NO. The van der Waals surface area contributed by atoms with E-state index in [1.807, 2.05) is 0 Å². The molecular weight excluding hydrogens is 162 g/mol. The topological polar surface area (TPSA) is 21.3 Å². The zero-order chi connectivity index (χ0) is 9.10. The van der Waals surface area contributed by atoms with E-state index in [-0.39, 0.29) is 0 Å². The van der Waals surface area contributed by atoms with E-state index < -0.39 is 0 Å². The van der Waals surface area contributed by atoms with E-state index in [1.165, 1.54) is 25.7 Å². The van der Waals surface area contributed by atoms with Crippen LogP contribution in [-0.2, 0) is 4.74 Å². The Morgan fingerprint density at radius 3 is 2.85 bits per heavy atom. The van der Waals surface area contributed by atoms with E-state index in [1.54, 1.807) is 7.11 Å². The standard InChI is InChI=1S/C11H21NO/c1-13-6-2-5-12-11-8-9-3-4-10(11)7-9/h9-12H,2-8H2,1H3/t9-,10-,11-/m1/s1. The number of ether oxygens (including phenoxy) is 1. The highest BCUT2D eigenvalue weighted by molar-refractivity contribution is 4.93. The van der Waals surface area contributed by atoms with Crippen molar-refractivity contribution in [3.8, 4) is 0 Å². The van der Waals surface area contributed by atoms with Crippen molar-refractivity contribution < 1.29 is 4.74 Å². The lowest BCUT2D eigenvalue weighted by atomic mass is 9.95. The van der Waals surface area contributed by atoms with E-state index in [0.29, 0.717) is 0 Å². The van der Waals surface area contributed by atoms with Gasteiger partial charge >= 0.3 is 0 Å². The van der Waals surface area contributed by atoms with Gasteiger partial charge in [0.1, 0.15) is 0 Å². The molecule has 2 fully saturated rings. The minimum absolute atomic E-state index is 0.843. The van der Waals surface area contributed by atoms with Crippen LogP contribution in [0, 0.1) is 11.8 Å². The number of methoxy groups -OCH3 is 1. The second-order valence-corrected chi connectivity index (χ2v) is 4.58. The van der Waals surface area contributed by atoms with E-state index >= 15 is 0 Å². The van der Waals surface area contributed by atoms with Crippen LogP contribution in [0.5, 0.6) is 0 Å². The molecule has 2 heteroatoms. The number of hydrogen-bond donors (Lipinski definition) is 1. The minimum Gasteiger partial charge on any atom is -0.385 e. The Hall–Kier alpha value is -0.0800. The molecule has 2 nitrogen and oxygen atoms in total. The van der Waals surface area contributed by atoms with Gasteiger partial charge in [-0.1, -0.05) is 6.42 Å². The maximum Gasteiger partial charge on any atom is 0.0474 e. The van der Waals surface area contributed by atoms with Gasteiger partial charge in [-0.05, 0) is 44.1 Å². The van der Waals surface area contributed by atoms with Crippen LogP contribution in [0.25, 0.3) is 0 Å². The maximum absolute atomic E-state index is 5.03. The smallest absolute Gasteiger partial charge is 0.0474 e. The first-order chi connectivity index (χ1) is 6.40. The first-order valence-electron chi connectivity index (χ1n) is 5.62. The second kappa shape index (κ2) is 4.43. The molecule has 1 N–H and O–H groups in total. The van der Waals surface area contributed by atoms with Crippen molar-refractivity contribution in [3.63, 3.8) is 0 Å². The van der Waals surface area contributed by atoms with E-state index in [2.05, 4.69) is 5.32 Å². The zero-order valence-corrected chi connectivity index (χ0v) is 8.59. The van der Waals surface area contributed by atoms with Crippen LogP contribution in [0.1, 0.15) is 32.1 Å². The van der Waals surface area contributed by atoms with Gasteiger partial charge < -0.3 is 10.1 Å². The number of hydrogen-bond acceptors (Lipinski definition) is 2. The van der Waals surface area contributed by atoms with E-state index in [0.717, 1.165) is 37.5 Å². The van der Waals surface area contributed by atoms with Crippen molar-refractivity contribution in [2.75, 3.05) is 20.3 Å². The summed E-state index contributed by atoms with van der Waals surface area (Å²) in [4.78, 5) is 0. The summed E-state index contributed by atoms with van der Waals surface area (Å²) in [5.74, 6) is 2.07. The van der Waals surface area contributed by atoms with E-state index in [4.69, 9.17) is 4.74 Å². The quantitative estimate of drug-likeness (QED) is 0.656. The third-order valence-electron chi connectivity index (χ3n) is 3.67. The summed E-state index contributed by atoms with van der Waals surface area (Å²) in [5, 5.41) is 3.67. The van der Waals surface area contributed by atoms with Gasteiger partial charge in [0.25, 0.3) is 0 Å². The highest BCUT2D eigenvalue weighted by Crippen LogP contribution is 2.44. The fourth-order valence-electron chi connectivity index (χ4n) is 3.00.